The molecule has 2 fully saturated rings. The van der Waals surface area contributed by atoms with Gasteiger partial charge in [-0.25, -0.2) is 0 Å². The predicted molar refractivity (Wildman–Crippen MR) is 138 cm³/mol. The van der Waals surface area contributed by atoms with E-state index in [9.17, 15) is 14.4 Å². The van der Waals surface area contributed by atoms with Gasteiger partial charge in [0.25, 0.3) is 11.8 Å². The van der Waals surface area contributed by atoms with Crippen molar-refractivity contribution in [2.75, 3.05) is 13.1 Å². The second-order valence-corrected chi connectivity index (χ2v) is 10.3. The Hall–Kier alpha value is -2.57. The van der Waals surface area contributed by atoms with Crippen LogP contribution in [0.25, 0.3) is 0 Å². The van der Waals surface area contributed by atoms with E-state index in [2.05, 4.69) is 10.6 Å². The van der Waals surface area contributed by atoms with Gasteiger partial charge in [0.15, 0.2) is 0 Å². The van der Waals surface area contributed by atoms with Crippen molar-refractivity contribution < 1.29 is 14.4 Å². The van der Waals surface area contributed by atoms with Crippen LogP contribution in [0.4, 0.5) is 0 Å². The van der Waals surface area contributed by atoms with Gasteiger partial charge in [-0.1, -0.05) is 54.2 Å². The second kappa shape index (κ2) is 11.4. The molecule has 0 bridgehead atoms. The molecule has 6 nitrogen and oxygen atoms in total. The quantitative estimate of drug-likeness (QED) is 0.587. The van der Waals surface area contributed by atoms with Crippen LogP contribution in [0.15, 0.2) is 42.5 Å². The van der Waals surface area contributed by atoms with Gasteiger partial charge in [0.1, 0.15) is 0 Å². The Kier molecular flexibility index (Phi) is 8.34. The first kappa shape index (κ1) is 25.5. The van der Waals surface area contributed by atoms with E-state index in [1.54, 1.807) is 23.1 Å². The summed E-state index contributed by atoms with van der Waals surface area (Å²) in [5.41, 5.74) is 2.05. The van der Waals surface area contributed by atoms with Gasteiger partial charge < -0.3 is 15.5 Å². The highest BCUT2D eigenvalue weighted by molar-refractivity contribution is 6.42. The molecule has 2 aromatic carbocycles. The van der Waals surface area contributed by atoms with Crippen molar-refractivity contribution >= 4 is 40.9 Å². The van der Waals surface area contributed by atoms with Crippen LogP contribution >= 0.6 is 23.2 Å². The van der Waals surface area contributed by atoms with Crippen molar-refractivity contribution in [2.45, 2.75) is 57.5 Å². The third-order valence-electron chi connectivity index (χ3n) is 7.05. The Bertz CT molecular complexity index is 1110. The summed E-state index contributed by atoms with van der Waals surface area (Å²) in [5.74, 6) is -0.601. The third kappa shape index (κ3) is 6.17. The minimum atomic E-state index is -0.287. The summed E-state index contributed by atoms with van der Waals surface area (Å²) < 4.78 is 0. The molecule has 0 unspecified atom stereocenters. The van der Waals surface area contributed by atoms with Gasteiger partial charge in [0, 0.05) is 36.3 Å². The average Bonchev–Trinajstić information content (AvgIpc) is 2.86. The number of nitrogens with zero attached hydrogens (tertiary/aromatic N) is 1. The van der Waals surface area contributed by atoms with Gasteiger partial charge in [0.2, 0.25) is 5.91 Å². The molecule has 1 saturated heterocycles. The molecule has 186 valence electrons. The van der Waals surface area contributed by atoms with Crippen molar-refractivity contribution in [1.82, 2.24) is 15.5 Å². The van der Waals surface area contributed by atoms with Crippen LogP contribution in [0.2, 0.25) is 10.0 Å². The fourth-order valence-electron chi connectivity index (χ4n) is 5.04. The Morgan fingerprint density at radius 2 is 1.60 bits per heavy atom. The first-order valence-electron chi connectivity index (χ1n) is 12.2. The molecule has 0 spiro atoms. The summed E-state index contributed by atoms with van der Waals surface area (Å²) in [6, 6.07) is 12.1. The summed E-state index contributed by atoms with van der Waals surface area (Å²) in [7, 11) is 0. The molecule has 3 amide bonds. The number of rotatable bonds is 5. The number of carbonyl (C=O) groups is 3. The maximum atomic E-state index is 13.2. The Morgan fingerprint density at radius 1 is 0.886 bits per heavy atom. The van der Waals surface area contributed by atoms with E-state index in [0.717, 1.165) is 44.1 Å². The van der Waals surface area contributed by atoms with E-state index < -0.39 is 0 Å². The minimum Gasteiger partial charge on any atom is -0.351 e. The highest BCUT2D eigenvalue weighted by atomic mass is 35.5. The number of aryl methyl sites for hydroxylation is 1. The zero-order valence-corrected chi connectivity index (χ0v) is 21.4. The van der Waals surface area contributed by atoms with Gasteiger partial charge in [-0.2, -0.15) is 0 Å². The van der Waals surface area contributed by atoms with E-state index in [1.165, 1.54) is 0 Å². The first-order valence-corrected chi connectivity index (χ1v) is 13.0. The number of amides is 3. The second-order valence-electron chi connectivity index (χ2n) is 9.51. The molecular weight excluding hydrogens is 485 g/mol. The largest absolute Gasteiger partial charge is 0.351 e. The average molecular weight is 516 g/mol. The lowest BCUT2D eigenvalue weighted by atomic mass is 9.88. The molecule has 35 heavy (non-hydrogen) atoms. The number of carbonyl (C=O) groups excluding carboxylic acids is 3. The highest BCUT2D eigenvalue weighted by Crippen LogP contribution is 2.26. The maximum absolute atomic E-state index is 13.2. The van der Waals surface area contributed by atoms with Crippen LogP contribution < -0.4 is 10.6 Å². The maximum Gasteiger partial charge on any atom is 0.253 e. The molecule has 3 atom stereocenters. The van der Waals surface area contributed by atoms with E-state index in [-0.39, 0.29) is 35.7 Å². The molecule has 2 aliphatic rings. The van der Waals surface area contributed by atoms with Crippen molar-refractivity contribution in [1.29, 1.82) is 0 Å². The number of halogens is 2. The molecule has 1 saturated carbocycles. The number of benzene rings is 2. The number of nitrogens with one attached hydrogen (secondary N) is 2. The molecule has 2 aromatic rings. The van der Waals surface area contributed by atoms with Crippen molar-refractivity contribution in [3.63, 3.8) is 0 Å². The molecular formula is C27H31Cl2N3O3. The van der Waals surface area contributed by atoms with Crippen LogP contribution in [0.1, 0.15) is 64.8 Å². The van der Waals surface area contributed by atoms with Crippen LogP contribution in [-0.4, -0.2) is 47.8 Å². The number of likely N-dealkylation sites (tertiary alicyclic amines) is 1. The van der Waals surface area contributed by atoms with E-state index in [1.807, 2.05) is 31.2 Å². The lowest BCUT2D eigenvalue weighted by molar-refractivity contribution is -0.127. The molecule has 1 heterocycles. The number of hydrogen-bond donors (Lipinski definition) is 2. The summed E-state index contributed by atoms with van der Waals surface area (Å²) >= 11 is 12.1. The minimum absolute atomic E-state index is 0.0568. The molecule has 0 radical (unpaired) electrons. The Labute approximate surface area is 216 Å². The smallest absolute Gasteiger partial charge is 0.253 e. The van der Waals surface area contributed by atoms with E-state index in [0.29, 0.717) is 34.3 Å². The summed E-state index contributed by atoms with van der Waals surface area (Å²) in [6.45, 7) is 2.88. The molecule has 1 aliphatic heterocycles. The molecule has 2 N–H and O–H groups in total. The fraction of sp³-hybridized carbons (Fsp3) is 0.444. The monoisotopic (exact) mass is 515 g/mol. The van der Waals surface area contributed by atoms with Gasteiger partial charge in [-0.3, -0.25) is 14.4 Å². The van der Waals surface area contributed by atoms with Crippen molar-refractivity contribution in [3.8, 4) is 0 Å². The molecule has 1 aliphatic carbocycles. The van der Waals surface area contributed by atoms with Crippen LogP contribution in [0.3, 0.4) is 0 Å². The van der Waals surface area contributed by atoms with Gasteiger partial charge in [0.05, 0.1) is 16.0 Å². The summed E-state index contributed by atoms with van der Waals surface area (Å²) in [4.78, 5) is 40.8. The molecule has 0 aromatic heterocycles. The van der Waals surface area contributed by atoms with E-state index in [4.69, 9.17) is 23.2 Å². The Balaban J connectivity index is 1.38. The SMILES string of the molecule is Cc1ccccc1C(=O)N[C@@H]1CCCC[C@H]1NC(=O)[C@H]1CCCN(C(=O)c2ccc(Cl)c(Cl)c2)C1. The topological polar surface area (TPSA) is 78.5 Å². The fourth-order valence-corrected chi connectivity index (χ4v) is 5.34. The number of piperidine rings is 1. The van der Waals surface area contributed by atoms with Gasteiger partial charge in [-0.15, -0.1) is 0 Å². The lowest BCUT2D eigenvalue weighted by Gasteiger charge is -2.36. The zero-order valence-electron chi connectivity index (χ0n) is 19.9. The summed E-state index contributed by atoms with van der Waals surface area (Å²) in [5, 5.41) is 7.08. The zero-order chi connectivity index (χ0) is 24.9. The van der Waals surface area contributed by atoms with Crippen LogP contribution in [0.5, 0.6) is 0 Å². The molecule has 4 rings (SSSR count). The third-order valence-corrected chi connectivity index (χ3v) is 7.78. The Morgan fingerprint density at radius 3 is 2.31 bits per heavy atom. The molecule has 8 heteroatoms. The van der Waals surface area contributed by atoms with Crippen molar-refractivity contribution in [2.24, 2.45) is 5.92 Å². The first-order chi connectivity index (χ1) is 16.8. The van der Waals surface area contributed by atoms with Crippen LogP contribution in [-0.2, 0) is 4.79 Å². The van der Waals surface area contributed by atoms with Crippen molar-refractivity contribution in [3.05, 3.63) is 69.2 Å². The lowest BCUT2D eigenvalue weighted by Crippen LogP contribution is -2.55. The number of hydrogen-bond acceptors (Lipinski definition) is 3. The van der Waals surface area contributed by atoms with Crippen LogP contribution in [0, 0.1) is 12.8 Å². The van der Waals surface area contributed by atoms with Gasteiger partial charge >= 0.3 is 0 Å². The highest BCUT2D eigenvalue weighted by Gasteiger charge is 2.33. The standard InChI is InChI=1S/C27H31Cl2N3O3/c1-17-7-2-3-9-20(17)26(34)31-24-11-5-4-10-23(24)30-25(33)19-8-6-14-32(16-19)27(35)18-12-13-21(28)22(29)15-18/h2-3,7,9,12-13,15,19,23-24H,4-6,8,10-11,14,16H2,1H3,(H,30,33)(H,31,34)/t19-,23+,24+/m0/s1. The predicted octanol–water partition coefficient (Wildman–Crippen LogP) is 5.01. The normalized spacial score (nSPS) is 22.4. The van der Waals surface area contributed by atoms with Gasteiger partial charge in [-0.05, 0) is 62.4 Å². The van der Waals surface area contributed by atoms with E-state index >= 15 is 0 Å². The summed E-state index contributed by atoms with van der Waals surface area (Å²) in [6.07, 6.45) is 5.15.